The first-order valence-electron chi connectivity index (χ1n) is 12.4. The highest BCUT2D eigenvalue weighted by Gasteiger charge is 2.17. The molecule has 5 aromatic carbocycles. The summed E-state index contributed by atoms with van der Waals surface area (Å²) in [6.45, 7) is 7.61. The number of fused-ring (bicyclic) bond motifs is 2. The minimum Gasteiger partial charge on any atom is -0.422 e. The average Bonchev–Trinajstić information content (AvgIpc) is 2.93. The van der Waals surface area contributed by atoms with Gasteiger partial charge in [0.1, 0.15) is 11.5 Å². The largest absolute Gasteiger partial charge is 0.422 e. The van der Waals surface area contributed by atoms with Crippen LogP contribution in [0.4, 0.5) is 0 Å². The maximum Gasteiger partial charge on any atom is 0.343 e. The Morgan fingerprint density at radius 3 is 1.47 bits per heavy atom. The Morgan fingerprint density at radius 2 is 1.03 bits per heavy atom. The molecule has 0 radical (unpaired) electrons. The number of esters is 2. The van der Waals surface area contributed by atoms with Crippen molar-refractivity contribution >= 4 is 33.5 Å². The van der Waals surface area contributed by atoms with Crippen LogP contribution in [0.3, 0.4) is 0 Å². The fourth-order valence-corrected chi connectivity index (χ4v) is 4.50. The lowest BCUT2D eigenvalue weighted by molar-refractivity contribution is 0.0737. The zero-order valence-corrected chi connectivity index (χ0v) is 20.9. The van der Waals surface area contributed by atoms with Crippen LogP contribution in [0.15, 0.2) is 122 Å². The number of allylic oxidation sites excluding steroid dienone is 2. The molecule has 0 aliphatic heterocycles. The highest BCUT2D eigenvalue weighted by Crippen LogP contribution is 2.30. The first-order chi connectivity index (χ1) is 18.6. The molecule has 0 N–H and O–H groups in total. The van der Waals surface area contributed by atoms with Crippen LogP contribution in [0.25, 0.3) is 21.5 Å². The molecule has 0 fully saturated rings. The molecule has 0 atom stereocenters. The van der Waals surface area contributed by atoms with Crippen molar-refractivity contribution in [2.45, 2.75) is 12.8 Å². The van der Waals surface area contributed by atoms with Crippen LogP contribution >= 0.6 is 0 Å². The van der Waals surface area contributed by atoms with Crippen molar-refractivity contribution in [3.63, 3.8) is 0 Å². The van der Waals surface area contributed by atoms with E-state index in [2.05, 4.69) is 25.3 Å². The molecule has 38 heavy (non-hydrogen) atoms. The number of hydrogen-bond donors (Lipinski definition) is 0. The summed E-state index contributed by atoms with van der Waals surface area (Å²) in [4.78, 5) is 26.3. The Balaban J connectivity index is 1.42. The van der Waals surface area contributed by atoms with Gasteiger partial charge < -0.3 is 9.47 Å². The number of rotatable bonds is 8. The lowest BCUT2D eigenvalue weighted by Gasteiger charge is -2.12. The van der Waals surface area contributed by atoms with E-state index < -0.39 is 11.9 Å². The minimum atomic E-state index is -0.556. The highest BCUT2D eigenvalue weighted by molar-refractivity contribution is 6.00. The second-order valence-electron chi connectivity index (χ2n) is 8.98. The zero-order chi connectivity index (χ0) is 26.5. The van der Waals surface area contributed by atoms with E-state index in [0.717, 1.165) is 32.7 Å². The molecule has 4 nitrogen and oxygen atoms in total. The van der Waals surface area contributed by atoms with E-state index in [1.165, 1.54) is 6.07 Å². The summed E-state index contributed by atoms with van der Waals surface area (Å²) in [7, 11) is 0. The summed E-state index contributed by atoms with van der Waals surface area (Å²) < 4.78 is 11.6. The molecule has 0 heterocycles. The van der Waals surface area contributed by atoms with Gasteiger partial charge in [0.15, 0.2) is 0 Å². The number of carbonyl (C=O) groups is 2. The molecule has 5 rings (SSSR count). The molecule has 0 spiro atoms. The van der Waals surface area contributed by atoms with Crippen molar-refractivity contribution in [1.82, 2.24) is 0 Å². The summed E-state index contributed by atoms with van der Waals surface area (Å²) in [6, 6.07) is 29.6. The van der Waals surface area contributed by atoms with Crippen molar-refractivity contribution in [2.75, 3.05) is 0 Å². The zero-order valence-electron chi connectivity index (χ0n) is 20.9. The Kier molecular flexibility index (Phi) is 7.14. The van der Waals surface area contributed by atoms with E-state index in [4.69, 9.17) is 9.47 Å². The van der Waals surface area contributed by atoms with E-state index in [-0.39, 0.29) is 11.1 Å². The van der Waals surface area contributed by atoms with Gasteiger partial charge in [0.05, 0.1) is 11.1 Å². The lowest BCUT2D eigenvalue weighted by Crippen LogP contribution is -2.13. The molecule has 0 amide bonds. The van der Waals surface area contributed by atoms with Crippen LogP contribution in [0.2, 0.25) is 0 Å². The molecule has 186 valence electrons. The molecule has 0 aliphatic rings. The van der Waals surface area contributed by atoms with E-state index in [1.54, 1.807) is 30.4 Å². The van der Waals surface area contributed by atoms with Crippen molar-refractivity contribution in [2.24, 2.45) is 0 Å². The van der Waals surface area contributed by atoms with Crippen LogP contribution in [0.5, 0.6) is 11.5 Å². The second-order valence-corrected chi connectivity index (χ2v) is 8.98. The number of benzene rings is 5. The fourth-order valence-electron chi connectivity index (χ4n) is 4.50. The molecule has 4 heteroatoms. The van der Waals surface area contributed by atoms with Gasteiger partial charge >= 0.3 is 11.9 Å². The van der Waals surface area contributed by atoms with Crippen LogP contribution in [0, 0.1) is 0 Å². The SMILES string of the molecule is C=CCc1cc(OC(=O)c2cccc(C(=O)Oc3cc(CC=C)cc4ccccc34)c2)c2ccccc2c1. The first kappa shape index (κ1) is 24.7. The Morgan fingerprint density at radius 1 is 0.579 bits per heavy atom. The van der Waals surface area contributed by atoms with Gasteiger partial charge in [-0.2, -0.15) is 0 Å². The van der Waals surface area contributed by atoms with Crippen LogP contribution < -0.4 is 9.47 Å². The van der Waals surface area contributed by atoms with Gasteiger partial charge in [0, 0.05) is 10.8 Å². The second kappa shape index (κ2) is 11.0. The summed E-state index contributed by atoms with van der Waals surface area (Å²) in [5, 5.41) is 3.60. The van der Waals surface area contributed by atoms with Crippen molar-refractivity contribution < 1.29 is 19.1 Å². The third-order valence-corrected chi connectivity index (χ3v) is 6.27. The Bertz CT molecular complexity index is 1570. The predicted octanol–water partition coefficient (Wildman–Crippen LogP) is 7.89. The molecule has 0 bridgehead atoms. The molecule has 0 saturated heterocycles. The molecule has 5 aromatic rings. The van der Waals surface area contributed by atoms with E-state index in [9.17, 15) is 9.59 Å². The number of hydrogen-bond acceptors (Lipinski definition) is 4. The molecule has 0 aromatic heterocycles. The molecular formula is C34H26O4. The molecule has 0 saturated carbocycles. The van der Waals surface area contributed by atoms with E-state index >= 15 is 0 Å². The Hall–Kier alpha value is -4.96. The van der Waals surface area contributed by atoms with Gasteiger partial charge in [-0.05, 0) is 65.1 Å². The van der Waals surface area contributed by atoms with E-state index in [1.807, 2.05) is 60.7 Å². The van der Waals surface area contributed by atoms with Gasteiger partial charge in [0.2, 0.25) is 0 Å². The van der Waals surface area contributed by atoms with Crippen LogP contribution in [-0.2, 0) is 12.8 Å². The summed E-state index contributed by atoms with van der Waals surface area (Å²) in [5.74, 6) is -0.190. The van der Waals surface area contributed by atoms with Gasteiger partial charge in [-0.15, -0.1) is 13.2 Å². The number of ether oxygens (including phenoxy) is 2. The molecule has 0 unspecified atom stereocenters. The maximum atomic E-state index is 13.1. The highest BCUT2D eigenvalue weighted by atomic mass is 16.5. The average molecular weight is 499 g/mol. The summed E-state index contributed by atoms with van der Waals surface area (Å²) >= 11 is 0. The Labute approximate surface area is 221 Å². The standard InChI is InChI=1S/C34H26O4/c1-3-10-23-18-25-12-5-7-16-29(25)31(20-23)37-33(35)27-14-9-15-28(22-27)34(36)38-32-21-24(11-4-2)19-26-13-6-8-17-30(26)32/h3-9,12-22H,1-2,10-11H2. The first-order valence-corrected chi connectivity index (χ1v) is 12.4. The van der Waals surface area contributed by atoms with Gasteiger partial charge in [-0.25, -0.2) is 9.59 Å². The smallest absolute Gasteiger partial charge is 0.343 e. The minimum absolute atomic E-state index is 0.253. The third-order valence-electron chi connectivity index (χ3n) is 6.27. The van der Waals surface area contributed by atoms with Crippen LogP contribution in [0.1, 0.15) is 31.8 Å². The fraction of sp³-hybridized carbons (Fsp3) is 0.0588. The van der Waals surface area contributed by atoms with Crippen LogP contribution in [-0.4, -0.2) is 11.9 Å². The quantitative estimate of drug-likeness (QED) is 0.124. The van der Waals surface area contributed by atoms with Crippen molar-refractivity contribution in [3.8, 4) is 11.5 Å². The maximum absolute atomic E-state index is 13.1. The van der Waals surface area contributed by atoms with Crippen molar-refractivity contribution in [1.29, 1.82) is 0 Å². The van der Waals surface area contributed by atoms with Gasteiger partial charge in [-0.1, -0.05) is 78.9 Å². The predicted molar refractivity (Wildman–Crippen MR) is 152 cm³/mol. The third kappa shape index (κ3) is 5.25. The van der Waals surface area contributed by atoms with E-state index in [0.29, 0.717) is 24.3 Å². The lowest BCUT2D eigenvalue weighted by atomic mass is 10.0. The number of carbonyl (C=O) groups excluding carboxylic acids is 2. The molecule has 0 aliphatic carbocycles. The van der Waals surface area contributed by atoms with Gasteiger partial charge in [-0.3, -0.25) is 0 Å². The van der Waals surface area contributed by atoms with Crippen molar-refractivity contribution in [3.05, 3.63) is 145 Å². The molecular weight excluding hydrogens is 472 g/mol. The topological polar surface area (TPSA) is 52.6 Å². The van der Waals surface area contributed by atoms with Gasteiger partial charge in [0.25, 0.3) is 0 Å². The monoisotopic (exact) mass is 498 g/mol. The summed E-state index contributed by atoms with van der Waals surface area (Å²) in [5.41, 5.74) is 2.49. The normalized spacial score (nSPS) is 10.7. The summed E-state index contributed by atoms with van der Waals surface area (Å²) in [6.07, 6.45) is 4.92.